The zero-order valence-corrected chi connectivity index (χ0v) is 11.9. The number of alkyl halides is 1. The highest BCUT2D eigenvalue weighted by atomic mass is 79.9. The van der Waals surface area contributed by atoms with Crippen molar-refractivity contribution in [2.75, 3.05) is 11.9 Å². The van der Waals surface area contributed by atoms with Gasteiger partial charge >= 0.3 is 0 Å². The van der Waals surface area contributed by atoms with E-state index < -0.39 is 0 Å². The molecule has 0 fully saturated rings. The number of hydrogen-bond acceptors (Lipinski definition) is 1. The Morgan fingerprint density at radius 3 is 2.88 bits per heavy atom. The quantitative estimate of drug-likeness (QED) is 0.608. The van der Waals surface area contributed by atoms with Crippen LogP contribution < -0.4 is 5.32 Å². The summed E-state index contributed by atoms with van der Waals surface area (Å²) in [6.07, 6.45) is 3.57. The first kappa shape index (κ1) is 14.2. The minimum absolute atomic E-state index is 0.165. The second-order valence-corrected chi connectivity index (χ2v) is 5.03. The Balaban J connectivity index is 2.17. The van der Waals surface area contributed by atoms with Gasteiger partial charge in [0.15, 0.2) is 0 Å². The maximum Gasteiger partial charge on any atom is 0.220 e. The van der Waals surface area contributed by atoms with E-state index in [1.165, 1.54) is 11.1 Å². The number of amides is 1. The van der Waals surface area contributed by atoms with Crippen LogP contribution in [-0.2, 0) is 11.2 Å². The van der Waals surface area contributed by atoms with E-state index in [1.54, 1.807) is 0 Å². The Kier molecular flexibility index (Phi) is 6.94. The number of nitrogens with one attached hydrogen (secondary N) is 1. The molecule has 0 aliphatic rings. The molecule has 0 spiro atoms. The molecule has 94 valence electrons. The number of carbonyl (C=O) groups is 1. The van der Waals surface area contributed by atoms with E-state index in [0.717, 1.165) is 31.1 Å². The maximum absolute atomic E-state index is 11.4. The van der Waals surface area contributed by atoms with Crippen molar-refractivity contribution in [1.29, 1.82) is 0 Å². The summed E-state index contributed by atoms with van der Waals surface area (Å²) in [4.78, 5) is 11.4. The van der Waals surface area contributed by atoms with Crippen molar-refractivity contribution >= 4 is 21.8 Å². The molecule has 3 heteroatoms. The van der Waals surface area contributed by atoms with Crippen LogP contribution in [-0.4, -0.2) is 17.8 Å². The van der Waals surface area contributed by atoms with Crippen LogP contribution in [0.2, 0.25) is 0 Å². The molecule has 0 aromatic heterocycles. The summed E-state index contributed by atoms with van der Waals surface area (Å²) in [5.74, 6) is 0.165. The van der Waals surface area contributed by atoms with Gasteiger partial charge in [0.05, 0.1) is 0 Å². The summed E-state index contributed by atoms with van der Waals surface area (Å²) in [5, 5.41) is 3.93. The lowest BCUT2D eigenvalue weighted by molar-refractivity contribution is -0.121. The van der Waals surface area contributed by atoms with Crippen molar-refractivity contribution < 1.29 is 4.79 Å². The second-order valence-electron chi connectivity index (χ2n) is 4.24. The summed E-state index contributed by atoms with van der Waals surface area (Å²) in [7, 11) is 0. The molecule has 1 N–H and O–H groups in total. The van der Waals surface area contributed by atoms with Crippen LogP contribution in [0.25, 0.3) is 0 Å². The molecule has 17 heavy (non-hydrogen) atoms. The molecule has 1 aromatic carbocycles. The third kappa shape index (κ3) is 6.47. The summed E-state index contributed by atoms with van der Waals surface area (Å²) in [6.45, 7) is 2.82. The van der Waals surface area contributed by atoms with Gasteiger partial charge in [0.2, 0.25) is 5.91 Å². The minimum Gasteiger partial charge on any atom is -0.356 e. The van der Waals surface area contributed by atoms with Crippen LogP contribution in [0.3, 0.4) is 0 Å². The van der Waals surface area contributed by atoms with Crippen LogP contribution in [0.1, 0.15) is 30.4 Å². The first-order valence-electron chi connectivity index (χ1n) is 6.10. The van der Waals surface area contributed by atoms with Gasteiger partial charge in [0.1, 0.15) is 0 Å². The normalized spacial score (nSPS) is 10.2. The summed E-state index contributed by atoms with van der Waals surface area (Å²) in [5.41, 5.74) is 2.55. The number of carbonyl (C=O) groups excluding carboxylic acids is 1. The highest BCUT2D eigenvalue weighted by Gasteiger charge is 2.00. The molecular weight excluding hydrogens is 278 g/mol. The van der Waals surface area contributed by atoms with Crippen molar-refractivity contribution in [1.82, 2.24) is 5.32 Å². The van der Waals surface area contributed by atoms with Crippen molar-refractivity contribution in [3.8, 4) is 0 Å². The number of aryl methyl sites for hydroxylation is 1. The van der Waals surface area contributed by atoms with Crippen LogP contribution >= 0.6 is 15.9 Å². The molecule has 1 amide bonds. The fourth-order valence-corrected chi connectivity index (χ4v) is 2.08. The number of hydrogen-bond donors (Lipinski definition) is 1. The van der Waals surface area contributed by atoms with Crippen molar-refractivity contribution in [3.05, 3.63) is 35.4 Å². The summed E-state index contributed by atoms with van der Waals surface area (Å²) < 4.78 is 0. The predicted molar refractivity (Wildman–Crippen MR) is 75.5 cm³/mol. The largest absolute Gasteiger partial charge is 0.356 e. The lowest BCUT2D eigenvalue weighted by Gasteiger charge is -2.05. The summed E-state index contributed by atoms with van der Waals surface area (Å²) in [6, 6.07) is 8.41. The van der Waals surface area contributed by atoms with Crippen LogP contribution in [0.15, 0.2) is 24.3 Å². The average Bonchev–Trinajstić information content (AvgIpc) is 2.29. The Labute approximate surface area is 112 Å². The van der Waals surface area contributed by atoms with Gasteiger partial charge < -0.3 is 5.32 Å². The minimum atomic E-state index is 0.165. The van der Waals surface area contributed by atoms with E-state index in [4.69, 9.17) is 0 Å². The summed E-state index contributed by atoms with van der Waals surface area (Å²) >= 11 is 3.36. The second kappa shape index (κ2) is 8.29. The highest BCUT2D eigenvalue weighted by molar-refractivity contribution is 9.09. The van der Waals surface area contributed by atoms with E-state index in [0.29, 0.717) is 6.42 Å². The Bertz CT molecular complexity index is 352. The SMILES string of the molecule is Cc1cccc(CCNC(=O)CCCCBr)c1. The predicted octanol–water partition coefficient (Wildman–Crippen LogP) is 3.22. The standard InChI is InChI=1S/C14H20BrNO/c1-12-5-4-6-13(11-12)8-10-16-14(17)7-2-3-9-15/h4-6,11H,2-3,7-10H2,1H3,(H,16,17). The average molecular weight is 298 g/mol. The van der Waals surface area contributed by atoms with Gasteiger partial charge in [0, 0.05) is 18.3 Å². The van der Waals surface area contributed by atoms with Crippen LogP contribution in [0.5, 0.6) is 0 Å². The molecule has 1 aromatic rings. The third-order valence-corrected chi connectivity index (χ3v) is 3.17. The number of rotatable bonds is 7. The van der Waals surface area contributed by atoms with Gasteiger partial charge in [-0.15, -0.1) is 0 Å². The molecule has 0 aliphatic carbocycles. The Morgan fingerprint density at radius 1 is 1.35 bits per heavy atom. The van der Waals surface area contributed by atoms with Crippen molar-refractivity contribution in [2.24, 2.45) is 0 Å². The number of benzene rings is 1. The van der Waals surface area contributed by atoms with Crippen LogP contribution in [0, 0.1) is 6.92 Å². The molecule has 0 radical (unpaired) electrons. The first-order chi connectivity index (χ1) is 8.22. The highest BCUT2D eigenvalue weighted by Crippen LogP contribution is 2.04. The topological polar surface area (TPSA) is 29.1 Å². The molecule has 1 rings (SSSR count). The van der Waals surface area contributed by atoms with Gasteiger partial charge in [-0.2, -0.15) is 0 Å². The molecular formula is C14H20BrNO. The smallest absolute Gasteiger partial charge is 0.220 e. The Morgan fingerprint density at radius 2 is 2.18 bits per heavy atom. The number of unbranched alkanes of at least 4 members (excludes halogenated alkanes) is 1. The van der Waals surface area contributed by atoms with Gasteiger partial charge in [-0.05, 0) is 31.7 Å². The van der Waals surface area contributed by atoms with Crippen molar-refractivity contribution in [2.45, 2.75) is 32.6 Å². The monoisotopic (exact) mass is 297 g/mol. The van der Waals surface area contributed by atoms with E-state index in [-0.39, 0.29) is 5.91 Å². The molecule has 0 atom stereocenters. The van der Waals surface area contributed by atoms with E-state index >= 15 is 0 Å². The van der Waals surface area contributed by atoms with E-state index in [1.807, 2.05) is 0 Å². The molecule has 2 nitrogen and oxygen atoms in total. The molecule has 0 saturated carbocycles. The molecule has 0 aliphatic heterocycles. The van der Waals surface area contributed by atoms with Crippen molar-refractivity contribution in [3.63, 3.8) is 0 Å². The van der Waals surface area contributed by atoms with Gasteiger partial charge in [-0.1, -0.05) is 45.8 Å². The molecule has 0 unspecified atom stereocenters. The Hall–Kier alpha value is -0.830. The number of halogens is 1. The molecule has 0 bridgehead atoms. The van der Waals surface area contributed by atoms with E-state index in [9.17, 15) is 4.79 Å². The lowest BCUT2D eigenvalue weighted by Crippen LogP contribution is -2.25. The maximum atomic E-state index is 11.4. The van der Waals surface area contributed by atoms with Gasteiger partial charge in [-0.25, -0.2) is 0 Å². The fourth-order valence-electron chi connectivity index (χ4n) is 1.68. The fraction of sp³-hybridized carbons (Fsp3) is 0.500. The van der Waals surface area contributed by atoms with Crippen LogP contribution in [0.4, 0.5) is 0 Å². The molecule has 0 heterocycles. The zero-order valence-electron chi connectivity index (χ0n) is 10.3. The van der Waals surface area contributed by atoms with E-state index in [2.05, 4.69) is 52.4 Å². The molecule has 0 saturated heterocycles. The lowest BCUT2D eigenvalue weighted by atomic mass is 10.1. The first-order valence-corrected chi connectivity index (χ1v) is 7.22. The van der Waals surface area contributed by atoms with Gasteiger partial charge in [-0.3, -0.25) is 4.79 Å². The third-order valence-electron chi connectivity index (χ3n) is 2.61. The van der Waals surface area contributed by atoms with Gasteiger partial charge in [0.25, 0.3) is 0 Å². The zero-order chi connectivity index (χ0) is 12.5.